The Kier molecular flexibility index (Phi) is 4.96. The summed E-state index contributed by atoms with van der Waals surface area (Å²) in [4.78, 5) is 24.0. The van der Waals surface area contributed by atoms with Crippen molar-refractivity contribution < 1.29 is 19.1 Å². The Hall–Kier alpha value is -2.51. The fourth-order valence-corrected chi connectivity index (χ4v) is 3.50. The number of anilines is 1. The third-order valence-corrected chi connectivity index (χ3v) is 4.92. The third kappa shape index (κ3) is 3.78. The highest BCUT2D eigenvalue weighted by molar-refractivity contribution is 9.10. The molecule has 126 valence electrons. The zero-order valence-corrected chi connectivity index (χ0v) is 15.0. The van der Waals surface area contributed by atoms with Crippen LogP contribution >= 0.6 is 27.3 Å². The minimum absolute atomic E-state index is 0.0304. The van der Waals surface area contributed by atoms with Crippen molar-refractivity contribution in [2.45, 2.75) is 0 Å². The lowest BCUT2D eigenvalue weighted by Crippen LogP contribution is -2.13. The highest BCUT2D eigenvalue weighted by Crippen LogP contribution is 2.36. The summed E-state index contributed by atoms with van der Waals surface area (Å²) in [5, 5.41) is 14.1. The molecular formula is C18H11BrFNO3S. The van der Waals surface area contributed by atoms with Crippen molar-refractivity contribution in [3.05, 3.63) is 75.3 Å². The number of thiophene rings is 1. The number of aromatic carboxylic acids is 1. The standard InChI is InChI=1S/C18H11BrFNO3S/c19-12-5-1-10(2-6-12)14-9-25-17(15(14)18(23)24)21-16(22)11-3-7-13(20)8-4-11/h1-9H,(H,21,22)(H,23,24). The smallest absolute Gasteiger partial charge is 0.339 e. The zero-order chi connectivity index (χ0) is 18.0. The highest BCUT2D eigenvalue weighted by atomic mass is 79.9. The molecule has 4 nitrogen and oxygen atoms in total. The van der Waals surface area contributed by atoms with Crippen LogP contribution in [0.15, 0.2) is 58.4 Å². The second-order valence-electron chi connectivity index (χ2n) is 5.13. The van der Waals surface area contributed by atoms with Gasteiger partial charge in [-0.05, 0) is 42.0 Å². The Morgan fingerprint density at radius 3 is 2.28 bits per heavy atom. The molecule has 0 atom stereocenters. The van der Waals surface area contributed by atoms with Gasteiger partial charge in [-0.1, -0.05) is 28.1 Å². The molecule has 0 aliphatic carbocycles. The van der Waals surface area contributed by atoms with Crippen LogP contribution in [0.4, 0.5) is 9.39 Å². The first-order valence-electron chi connectivity index (χ1n) is 7.13. The second kappa shape index (κ2) is 7.16. The lowest BCUT2D eigenvalue weighted by atomic mass is 10.0. The minimum atomic E-state index is -1.13. The number of halogens is 2. The third-order valence-electron chi connectivity index (χ3n) is 3.49. The largest absolute Gasteiger partial charge is 0.478 e. The topological polar surface area (TPSA) is 66.4 Å². The van der Waals surface area contributed by atoms with Crippen molar-refractivity contribution in [3.8, 4) is 11.1 Å². The summed E-state index contributed by atoms with van der Waals surface area (Å²) in [7, 11) is 0. The van der Waals surface area contributed by atoms with Crippen LogP contribution in [0.1, 0.15) is 20.7 Å². The van der Waals surface area contributed by atoms with E-state index in [-0.39, 0.29) is 16.1 Å². The molecule has 0 saturated heterocycles. The SMILES string of the molecule is O=C(Nc1scc(-c2ccc(Br)cc2)c1C(=O)O)c1ccc(F)cc1. The van der Waals surface area contributed by atoms with Crippen LogP contribution in [0.25, 0.3) is 11.1 Å². The number of carbonyl (C=O) groups excluding carboxylic acids is 1. The van der Waals surface area contributed by atoms with Crippen molar-refractivity contribution in [3.63, 3.8) is 0 Å². The van der Waals surface area contributed by atoms with Gasteiger partial charge in [0.25, 0.3) is 5.91 Å². The van der Waals surface area contributed by atoms with Crippen LogP contribution in [-0.4, -0.2) is 17.0 Å². The Bertz CT molecular complexity index is 936. The number of amides is 1. The van der Waals surface area contributed by atoms with E-state index >= 15 is 0 Å². The Morgan fingerprint density at radius 1 is 1.04 bits per heavy atom. The van der Waals surface area contributed by atoms with Gasteiger partial charge in [-0.15, -0.1) is 11.3 Å². The molecule has 1 heterocycles. The van der Waals surface area contributed by atoms with Crippen molar-refractivity contribution in [2.75, 3.05) is 5.32 Å². The number of hydrogen-bond donors (Lipinski definition) is 2. The molecule has 0 aliphatic rings. The van der Waals surface area contributed by atoms with E-state index in [0.717, 1.165) is 21.4 Å². The maximum absolute atomic E-state index is 13.0. The summed E-state index contributed by atoms with van der Waals surface area (Å²) in [6.07, 6.45) is 0. The first-order chi connectivity index (χ1) is 12.0. The summed E-state index contributed by atoms with van der Waals surface area (Å²) >= 11 is 4.47. The fourth-order valence-electron chi connectivity index (χ4n) is 2.28. The lowest BCUT2D eigenvalue weighted by molar-refractivity contribution is 0.0699. The van der Waals surface area contributed by atoms with Gasteiger partial charge in [0.1, 0.15) is 16.4 Å². The van der Waals surface area contributed by atoms with E-state index in [1.165, 1.54) is 24.3 Å². The van der Waals surface area contributed by atoms with Crippen LogP contribution in [0, 0.1) is 5.82 Å². The molecule has 0 unspecified atom stereocenters. The highest BCUT2D eigenvalue weighted by Gasteiger charge is 2.21. The molecule has 1 amide bonds. The number of carbonyl (C=O) groups is 2. The van der Waals surface area contributed by atoms with Crippen LogP contribution in [-0.2, 0) is 0 Å². The van der Waals surface area contributed by atoms with Crippen LogP contribution in [0.5, 0.6) is 0 Å². The molecule has 25 heavy (non-hydrogen) atoms. The van der Waals surface area contributed by atoms with Gasteiger partial charge in [0.2, 0.25) is 0 Å². The van der Waals surface area contributed by atoms with Gasteiger partial charge in [-0.25, -0.2) is 9.18 Å². The van der Waals surface area contributed by atoms with Gasteiger partial charge >= 0.3 is 5.97 Å². The van der Waals surface area contributed by atoms with E-state index in [4.69, 9.17) is 0 Å². The molecule has 0 saturated carbocycles. The average molecular weight is 420 g/mol. The molecule has 0 bridgehead atoms. The number of carboxylic acids is 1. The summed E-state index contributed by atoms with van der Waals surface area (Å²) in [6, 6.07) is 12.3. The van der Waals surface area contributed by atoms with Crippen molar-refractivity contribution >= 4 is 44.1 Å². The van der Waals surface area contributed by atoms with Crippen molar-refractivity contribution in [2.24, 2.45) is 0 Å². The Morgan fingerprint density at radius 2 is 1.68 bits per heavy atom. The maximum Gasteiger partial charge on any atom is 0.339 e. The predicted molar refractivity (Wildman–Crippen MR) is 98.8 cm³/mol. The van der Waals surface area contributed by atoms with E-state index in [0.29, 0.717) is 5.56 Å². The number of benzene rings is 2. The van der Waals surface area contributed by atoms with Gasteiger partial charge in [0.15, 0.2) is 0 Å². The van der Waals surface area contributed by atoms with Gasteiger partial charge in [0, 0.05) is 21.0 Å². The number of nitrogens with one attached hydrogen (secondary N) is 1. The molecule has 2 N–H and O–H groups in total. The second-order valence-corrected chi connectivity index (χ2v) is 6.92. The van der Waals surface area contributed by atoms with E-state index in [9.17, 15) is 19.1 Å². The molecule has 3 rings (SSSR count). The van der Waals surface area contributed by atoms with Gasteiger partial charge in [-0.2, -0.15) is 0 Å². The molecule has 0 fully saturated rings. The number of carboxylic acid groups (broad SMARTS) is 1. The molecular weight excluding hydrogens is 409 g/mol. The van der Waals surface area contributed by atoms with E-state index < -0.39 is 17.7 Å². The van der Waals surface area contributed by atoms with Gasteiger partial charge < -0.3 is 10.4 Å². The molecule has 0 radical (unpaired) electrons. The first-order valence-corrected chi connectivity index (χ1v) is 8.80. The average Bonchev–Trinajstić information content (AvgIpc) is 3.00. The molecule has 2 aromatic carbocycles. The van der Waals surface area contributed by atoms with E-state index in [2.05, 4.69) is 21.2 Å². The monoisotopic (exact) mass is 419 g/mol. The van der Waals surface area contributed by atoms with E-state index in [1.54, 1.807) is 17.5 Å². The van der Waals surface area contributed by atoms with Crippen LogP contribution < -0.4 is 5.32 Å². The molecule has 0 spiro atoms. The molecule has 3 aromatic rings. The summed E-state index contributed by atoms with van der Waals surface area (Å²) in [5.74, 6) is -2.07. The summed E-state index contributed by atoms with van der Waals surface area (Å²) in [5.41, 5.74) is 1.54. The fraction of sp³-hybridized carbons (Fsp3) is 0. The summed E-state index contributed by atoms with van der Waals surface area (Å²) < 4.78 is 13.8. The van der Waals surface area contributed by atoms with Gasteiger partial charge in [-0.3, -0.25) is 4.79 Å². The van der Waals surface area contributed by atoms with Crippen LogP contribution in [0.3, 0.4) is 0 Å². The van der Waals surface area contributed by atoms with Crippen molar-refractivity contribution in [1.82, 2.24) is 0 Å². The van der Waals surface area contributed by atoms with Gasteiger partial charge in [0.05, 0.1) is 0 Å². The first kappa shape index (κ1) is 17.3. The molecule has 0 aliphatic heterocycles. The number of hydrogen-bond acceptors (Lipinski definition) is 3. The van der Waals surface area contributed by atoms with E-state index in [1.807, 2.05) is 12.1 Å². The molecule has 7 heteroatoms. The maximum atomic E-state index is 13.0. The Labute approximate surface area is 155 Å². The number of rotatable bonds is 4. The zero-order valence-electron chi connectivity index (χ0n) is 12.6. The predicted octanol–water partition coefficient (Wildman–Crippen LogP) is 5.27. The normalized spacial score (nSPS) is 10.5. The summed E-state index contributed by atoms with van der Waals surface area (Å²) in [6.45, 7) is 0. The molecule has 1 aromatic heterocycles. The van der Waals surface area contributed by atoms with Crippen LogP contribution in [0.2, 0.25) is 0 Å². The van der Waals surface area contributed by atoms with Crippen molar-refractivity contribution in [1.29, 1.82) is 0 Å². The minimum Gasteiger partial charge on any atom is -0.478 e. The lowest BCUT2D eigenvalue weighted by Gasteiger charge is -2.06. The quantitative estimate of drug-likeness (QED) is 0.605. The Balaban J connectivity index is 1.94.